The van der Waals surface area contributed by atoms with Crippen molar-refractivity contribution in [2.75, 3.05) is 5.32 Å². The molecule has 1 amide bonds. The zero-order chi connectivity index (χ0) is 23.0. The van der Waals surface area contributed by atoms with E-state index in [-0.39, 0.29) is 32.5 Å². The highest BCUT2D eigenvalue weighted by Gasteiger charge is 2.21. The summed E-state index contributed by atoms with van der Waals surface area (Å²) in [7, 11) is 0. The Bertz CT molecular complexity index is 1330. The van der Waals surface area contributed by atoms with Gasteiger partial charge in [0.25, 0.3) is 5.91 Å². The number of carboxylic acid groups (broad SMARTS) is 1. The summed E-state index contributed by atoms with van der Waals surface area (Å²) in [4.78, 5) is 31.6. The van der Waals surface area contributed by atoms with Gasteiger partial charge in [-0.1, -0.05) is 64.9 Å². The number of carboxylic acids is 1. The number of ether oxygens (including phenoxy) is 1. The zero-order valence-electron chi connectivity index (χ0n) is 16.9. The van der Waals surface area contributed by atoms with E-state index >= 15 is 0 Å². The van der Waals surface area contributed by atoms with Gasteiger partial charge < -0.3 is 14.8 Å². The standard InChI is InChI=1S/C22H17Cl2N3O4S/c1-10-16(23)17(24)19(25-10)20(28)27-22-26-18-14(8-13(21(29)30)9-15(18)32-22)31-11(2)12-6-4-3-5-7-12/h3-9,11,25H,1-2H3,(H,29,30)(H,26,27,28)/t11-/m1/s1. The molecule has 0 aliphatic carbocycles. The van der Waals surface area contributed by atoms with E-state index in [2.05, 4.69) is 15.3 Å². The Morgan fingerprint density at radius 3 is 2.53 bits per heavy atom. The van der Waals surface area contributed by atoms with Crippen LogP contribution in [0.4, 0.5) is 5.13 Å². The SMILES string of the molecule is Cc1[nH]c(C(=O)Nc2nc3c(O[C@H](C)c4ccccc4)cc(C(=O)O)cc3s2)c(Cl)c1Cl. The first kappa shape index (κ1) is 22.1. The number of halogens is 2. The van der Waals surface area contributed by atoms with Crippen molar-refractivity contribution in [3.8, 4) is 5.75 Å². The second kappa shape index (κ2) is 8.82. The number of thiazole rings is 1. The van der Waals surface area contributed by atoms with E-state index in [1.165, 1.54) is 12.1 Å². The van der Waals surface area contributed by atoms with Crippen molar-refractivity contribution in [1.82, 2.24) is 9.97 Å². The minimum atomic E-state index is -1.09. The molecule has 0 spiro atoms. The summed E-state index contributed by atoms with van der Waals surface area (Å²) in [5.41, 5.74) is 2.13. The third-order valence-corrected chi connectivity index (χ3v) is 6.65. The number of aromatic carboxylic acids is 1. The number of anilines is 1. The number of nitrogens with zero attached hydrogens (tertiary/aromatic N) is 1. The lowest BCUT2D eigenvalue weighted by Crippen LogP contribution is -2.12. The van der Waals surface area contributed by atoms with Crippen LogP contribution >= 0.6 is 34.5 Å². The monoisotopic (exact) mass is 489 g/mol. The van der Waals surface area contributed by atoms with Gasteiger partial charge in [-0.2, -0.15) is 0 Å². The quantitative estimate of drug-likeness (QED) is 0.293. The fraction of sp³-hybridized carbons (Fsp3) is 0.136. The molecule has 3 N–H and O–H groups in total. The third-order valence-electron chi connectivity index (χ3n) is 4.78. The minimum absolute atomic E-state index is 0.0594. The van der Waals surface area contributed by atoms with Crippen LogP contribution in [0.25, 0.3) is 10.2 Å². The van der Waals surface area contributed by atoms with Gasteiger partial charge >= 0.3 is 5.97 Å². The molecule has 2 aromatic heterocycles. The molecular weight excluding hydrogens is 473 g/mol. The molecule has 1 atom stereocenters. The van der Waals surface area contributed by atoms with Gasteiger partial charge in [0.05, 0.1) is 20.3 Å². The Morgan fingerprint density at radius 1 is 1.19 bits per heavy atom. The zero-order valence-corrected chi connectivity index (χ0v) is 19.2. The van der Waals surface area contributed by atoms with E-state index in [0.29, 0.717) is 21.7 Å². The van der Waals surface area contributed by atoms with Crippen molar-refractivity contribution < 1.29 is 19.4 Å². The summed E-state index contributed by atoms with van der Waals surface area (Å²) >= 11 is 13.3. The van der Waals surface area contributed by atoms with E-state index in [1.807, 2.05) is 37.3 Å². The predicted molar refractivity (Wildman–Crippen MR) is 126 cm³/mol. The van der Waals surface area contributed by atoms with Crippen LogP contribution in [-0.4, -0.2) is 27.0 Å². The Hall–Kier alpha value is -3.07. The van der Waals surface area contributed by atoms with Gasteiger partial charge in [0.1, 0.15) is 23.1 Å². The smallest absolute Gasteiger partial charge is 0.335 e. The number of nitrogens with one attached hydrogen (secondary N) is 2. The molecule has 0 aliphatic heterocycles. The Kier molecular flexibility index (Phi) is 6.10. The van der Waals surface area contributed by atoms with Gasteiger partial charge in [0, 0.05) is 5.69 Å². The van der Waals surface area contributed by atoms with Crippen LogP contribution in [0.1, 0.15) is 45.1 Å². The molecular formula is C22H17Cl2N3O4S. The molecule has 10 heteroatoms. The molecule has 0 radical (unpaired) electrons. The number of aromatic amines is 1. The van der Waals surface area contributed by atoms with Crippen LogP contribution < -0.4 is 10.1 Å². The van der Waals surface area contributed by atoms with E-state index < -0.39 is 11.9 Å². The summed E-state index contributed by atoms with van der Waals surface area (Å²) in [6, 6.07) is 12.5. The van der Waals surface area contributed by atoms with Crippen LogP contribution in [0, 0.1) is 6.92 Å². The number of carbonyl (C=O) groups excluding carboxylic acids is 1. The number of rotatable bonds is 6. The summed E-state index contributed by atoms with van der Waals surface area (Å²) in [5.74, 6) is -1.29. The van der Waals surface area contributed by atoms with Crippen molar-refractivity contribution >= 4 is 61.8 Å². The highest BCUT2D eigenvalue weighted by Crippen LogP contribution is 2.37. The van der Waals surface area contributed by atoms with Crippen molar-refractivity contribution in [2.45, 2.75) is 20.0 Å². The Morgan fingerprint density at radius 2 is 1.91 bits per heavy atom. The molecule has 0 saturated carbocycles. The summed E-state index contributed by atoms with van der Waals surface area (Å²) < 4.78 is 6.63. The lowest BCUT2D eigenvalue weighted by atomic mass is 10.1. The summed E-state index contributed by atoms with van der Waals surface area (Å²) in [5, 5.41) is 12.9. The first-order valence-electron chi connectivity index (χ1n) is 9.49. The first-order chi connectivity index (χ1) is 15.2. The van der Waals surface area contributed by atoms with Crippen molar-refractivity contribution in [1.29, 1.82) is 0 Å². The average Bonchev–Trinajstić information content (AvgIpc) is 3.29. The second-order valence-corrected chi connectivity index (χ2v) is 8.81. The molecule has 164 valence electrons. The normalized spacial score (nSPS) is 12.0. The van der Waals surface area contributed by atoms with Gasteiger partial charge in [-0.3, -0.25) is 10.1 Å². The van der Waals surface area contributed by atoms with E-state index in [1.54, 1.807) is 6.92 Å². The molecule has 0 aliphatic rings. The van der Waals surface area contributed by atoms with Gasteiger partial charge in [-0.25, -0.2) is 9.78 Å². The highest BCUT2D eigenvalue weighted by atomic mass is 35.5. The number of amides is 1. The van der Waals surface area contributed by atoms with Gasteiger partial charge in [0.2, 0.25) is 0 Å². The number of H-pyrrole nitrogens is 1. The van der Waals surface area contributed by atoms with E-state index in [4.69, 9.17) is 27.9 Å². The fourth-order valence-corrected chi connectivity index (χ4v) is 4.47. The molecule has 4 aromatic rings. The molecule has 0 bridgehead atoms. The predicted octanol–water partition coefficient (Wildman–Crippen LogP) is 6.33. The fourth-order valence-electron chi connectivity index (χ4n) is 3.14. The van der Waals surface area contributed by atoms with Crippen LogP contribution in [0.15, 0.2) is 42.5 Å². The largest absolute Gasteiger partial charge is 0.484 e. The van der Waals surface area contributed by atoms with Crippen molar-refractivity contribution in [2.24, 2.45) is 0 Å². The molecule has 7 nitrogen and oxygen atoms in total. The number of fused-ring (bicyclic) bond motifs is 1. The molecule has 32 heavy (non-hydrogen) atoms. The molecule has 0 fully saturated rings. The van der Waals surface area contributed by atoms with Crippen molar-refractivity contribution in [3.05, 3.63) is 75.0 Å². The number of aromatic nitrogens is 2. The number of hydrogen-bond acceptors (Lipinski definition) is 5. The van der Waals surface area contributed by atoms with Crippen molar-refractivity contribution in [3.63, 3.8) is 0 Å². The molecule has 0 saturated heterocycles. The molecule has 2 heterocycles. The molecule has 2 aromatic carbocycles. The average molecular weight is 490 g/mol. The third kappa shape index (κ3) is 4.29. The maximum Gasteiger partial charge on any atom is 0.335 e. The lowest BCUT2D eigenvalue weighted by molar-refractivity contribution is 0.0696. The van der Waals surface area contributed by atoms with Crippen LogP contribution in [0.5, 0.6) is 5.75 Å². The summed E-state index contributed by atoms with van der Waals surface area (Å²) in [6.45, 7) is 3.57. The Balaban J connectivity index is 1.69. The second-order valence-electron chi connectivity index (χ2n) is 7.02. The van der Waals surface area contributed by atoms with Gasteiger partial charge in [-0.15, -0.1) is 0 Å². The topological polar surface area (TPSA) is 104 Å². The highest BCUT2D eigenvalue weighted by molar-refractivity contribution is 7.22. The maximum absolute atomic E-state index is 12.7. The molecule has 0 unspecified atom stereocenters. The van der Waals surface area contributed by atoms with Crippen LogP contribution in [0.3, 0.4) is 0 Å². The number of hydrogen-bond donors (Lipinski definition) is 3. The first-order valence-corrected chi connectivity index (χ1v) is 11.1. The number of aryl methyl sites for hydroxylation is 1. The minimum Gasteiger partial charge on any atom is -0.484 e. The van der Waals surface area contributed by atoms with Crippen LogP contribution in [0.2, 0.25) is 10.0 Å². The number of carbonyl (C=O) groups is 2. The molecule has 4 rings (SSSR count). The van der Waals surface area contributed by atoms with Gasteiger partial charge in [0.15, 0.2) is 5.13 Å². The lowest BCUT2D eigenvalue weighted by Gasteiger charge is -2.15. The number of benzene rings is 2. The van der Waals surface area contributed by atoms with Gasteiger partial charge in [-0.05, 0) is 31.5 Å². The Labute approximate surface area is 197 Å². The van der Waals surface area contributed by atoms with E-state index in [0.717, 1.165) is 16.9 Å². The van der Waals surface area contributed by atoms with E-state index in [9.17, 15) is 14.7 Å². The maximum atomic E-state index is 12.7. The summed E-state index contributed by atoms with van der Waals surface area (Å²) in [6.07, 6.45) is -0.342. The van der Waals surface area contributed by atoms with Crippen LogP contribution in [-0.2, 0) is 0 Å².